The maximum atomic E-state index is 15.0. The predicted molar refractivity (Wildman–Crippen MR) is 112 cm³/mol. The second-order valence-corrected chi connectivity index (χ2v) is 8.25. The summed E-state index contributed by atoms with van der Waals surface area (Å²) in [4.78, 5) is 12.5. The zero-order chi connectivity index (χ0) is 20.8. The summed E-state index contributed by atoms with van der Waals surface area (Å²) in [5.41, 5.74) is 2.71. The summed E-state index contributed by atoms with van der Waals surface area (Å²) in [6, 6.07) is 4.66. The Morgan fingerprint density at radius 2 is 2.03 bits per heavy atom. The number of anilines is 2. The normalized spacial score (nSPS) is 15.3. The van der Waals surface area contributed by atoms with Crippen molar-refractivity contribution in [3.63, 3.8) is 0 Å². The Balaban J connectivity index is 1.62. The van der Waals surface area contributed by atoms with Crippen LogP contribution in [-0.4, -0.2) is 34.3 Å². The summed E-state index contributed by atoms with van der Waals surface area (Å²) in [5, 5.41) is 3.13. The van der Waals surface area contributed by atoms with Crippen molar-refractivity contribution in [3.8, 4) is 5.75 Å². The van der Waals surface area contributed by atoms with E-state index in [4.69, 9.17) is 21.1 Å². The summed E-state index contributed by atoms with van der Waals surface area (Å²) >= 11 is 7.27. The molecule has 1 N–H and O–H groups in total. The summed E-state index contributed by atoms with van der Waals surface area (Å²) in [7, 11) is 0. The minimum absolute atomic E-state index is 0.0701. The molecule has 0 radical (unpaired) electrons. The average molecular weight is 449 g/mol. The molecule has 4 aromatic rings. The number of halogens is 3. The Morgan fingerprint density at radius 3 is 2.80 bits per heavy atom. The average Bonchev–Trinajstić information content (AvgIpc) is 3.16. The second-order valence-electron chi connectivity index (χ2n) is 6.99. The van der Waals surface area contributed by atoms with E-state index in [2.05, 4.69) is 20.3 Å². The number of thiazole rings is 1. The highest BCUT2D eigenvalue weighted by Gasteiger charge is 2.29. The Labute approximate surface area is 178 Å². The minimum atomic E-state index is -0.715. The molecule has 6 nitrogen and oxygen atoms in total. The van der Waals surface area contributed by atoms with Crippen LogP contribution in [0.3, 0.4) is 0 Å². The van der Waals surface area contributed by atoms with Crippen LogP contribution < -0.4 is 10.1 Å². The van der Waals surface area contributed by atoms with Crippen LogP contribution in [0.25, 0.3) is 21.1 Å². The molecule has 0 saturated carbocycles. The molecular formula is C20H15ClF2N4O2S. The maximum absolute atomic E-state index is 15.0. The Kier molecular flexibility index (Phi) is 4.88. The SMILES string of the molecule is CC(Oc1c(F)c(Cl)cc2ncnc(Nc3ccc4ncsc4c3F)c12)C1COC1. The van der Waals surface area contributed by atoms with Gasteiger partial charge in [0.1, 0.15) is 18.2 Å². The topological polar surface area (TPSA) is 69.2 Å². The maximum Gasteiger partial charge on any atom is 0.184 e. The molecule has 5 rings (SSSR count). The minimum Gasteiger partial charge on any atom is -0.486 e. The number of nitrogens with zero attached hydrogens (tertiary/aromatic N) is 3. The molecule has 10 heteroatoms. The van der Waals surface area contributed by atoms with Crippen molar-refractivity contribution >= 4 is 55.6 Å². The smallest absolute Gasteiger partial charge is 0.184 e. The Morgan fingerprint density at radius 1 is 1.20 bits per heavy atom. The van der Waals surface area contributed by atoms with Crippen LogP contribution in [0.5, 0.6) is 5.75 Å². The largest absolute Gasteiger partial charge is 0.486 e. The van der Waals surface area contributed by atoms with Gasteiger partial charge in [-0.25, -0.2) is 23.7 Å². The van der Waals surface area contributed by atoms with Gasteiger partial charge in [-0.2, -0.15) is 0 Å². The van der Waals surface area contributed by atoms with Gasteiger partial charge in [-0.05, 0) is 25.1 Å². The fourth-order valence-electron chi connectivity index (χ4n) is 3.27. The summed E-state index contributed by atoms with van der Waals surface area (Å²) in [6.45, 7) is 2.93. The van der Waals surface area contributed by atoms with E-state index in [0.29, 0.717) is 28.9 Å². The van der Waals surface area contributed by atoms with E-state index in [1.807, 2.05) is 6.92 Å². The van der Waals surface area contributed by atoms with Gasteiger partial charge in [-0.1, -0.05) is 11.6 Å². The van der Waals surface area contributed by atoms with Crippen molar-refractivity contribution in [2.24, 2.45) is 5.92 Å². The van der Waals surface area contributed by atoms with Crippen LogP contribution >= 0.6 is 22.9 Å². The molecule has 1 saturated heterocycles. The lowest BCUT2D eigenvalue weighted by molar-refractivity contribution is -0.0779. The molecular weight excluding hydrogens is 434 g/mol. The summed E-state index contributed by atoms with van der Waals surface area (Å²) in [5.74, 6) is -0.888. The number of nitrogens with one attached hydrogen (secondary N) is 1. The van der Waals surface area contributed by atoms with Crippen LogP contribution in [0, 0.1) is 17.6 Å². The molecule has 1 aliphatic rings. The van der Waals surface area contributed by atoms with Crippen molar-refractivity contribution in [3.05, 3.63) is 46.7 Å². The fraction of sp³-hybridized carbons (Fsp3) is 0.250. The van der Waals surface area contributed by atoms with Crippen LogP contribution in [0.15, 0.2) is 30.0 Å². The first-order valence-corrected chi connectivity index (χ1v) is 10.4. The van der Waals surface area contributed by atoms with Gasteiger partial charge in [0.15, 0.2) is 17.4 Å². The third-order valence-electron chi connectivity index (χ3n) is 5.10. The van der Waals surface area contributed by atoms with E-state index >= 15 is 0 Å². The zero-order valence-electron chi connectivity index (χ0n) is 15.7. The van der Waals surface area contributed by atoms with Crippen molar-refractivity contribution in [1.29, 1.82) is 0 Å². The molecule has 2 aromatic carbocycles. The number of hydrogen-bond donors (Lipinski definition) is 1. The number of benzene rings is 2. The molecule has 1 fully saturated rings. The summed E-state index contributed by atoms with van der Waals surface area (Å²) in [6.07, 6.45) is 0.989. The molecule has 1 atom stereocenters. The fourth-order valence-corrected chi connectivity index (χ4v) is 4.18. The van der Waals surface area contributed by atoms with E-state index in [1.165, 1.54) is 23.7 Å². The standard InChI is InChI=1S/C20H15ClF2N4O2S/c1-9(10-5-28-6-10)29-18-15-14(4-11(21)16(18)22)24-7-25-20(15)27-12-2-3-13-19(17(12)23)30-8-26-13/h2-4,7-10H,5-6H2,1H3,(H,24,25,27). The van der Waals surface area contributed by atoms with Gasteiger partial charge in [0, 0.05) is 5.92 Å². The predicted octanol–water partition coefficient (Wildman–Crippen LogP) is 5.33. The van der Waals surface area contributed by atoms with Crippen LogP contribution in [0.1, 0.15) is 6.92 Å². The molecule has 1 aliphatic heterocycles. The molecule has 0 bridgehead atoms. The number of aromatic nitrogens is 3. The first-order valence-electron chi connectivity index (χ1n) is 9.18. The van der Waals surface area contributed by atoms with Crippen molar-refractivity contribution in [2.75, 3.05) is 18.5 Å². The van der Waals surface area contributed by atoms with Gasteiger partial charge >= 0.3 is 0 Å². The molecule has 2 aromatic heterocycles. The molecule has 0 amide bonds. The van der Waals surface area contributed by atoms with Crippen LogP contribution in [0.4, 0.5) is 20.3 Å². The highest BCUT2D eigenvalue weighted by Crippen LogP contribution is 2.39. The van der Waals surface area contributed by atoms with Crippen molar-refractivity contribution < 1.29 is 18.3 Å². The lowest BCUT2D eigenvalue weighted by Crippen LogP contribution is -2.39. The highest BCUT2D eigenvalue weighted by atomic mass is 35.5. The monoisotopic (exact) mass is 448 g/mol. The van der Waals surface area contributed by atoms with E-state index in [1.54, 1.807) is 17.6 Å². The van der Waals surface area contributed by atoms with Gasteiger partial charge in [0.2, 0.25) is 0 Å². The third kappa shape index (κ3) is 3.23. The Bertz CT molecular complexity index is 1260. The van der Waals surface area contributed by atoms with E-state index in [9.17, 15) is 8.78 Å². The molecule has 3 heterocycles. The van der Waals surface area contributed by atoms with Gasteiger partial charge in [-0.3, -0.25) is 0 Å². The first-order chi connectivity index (χ1) is 14.5. The van der Waals surface area contributed by atoms with Crippen LogP contribution in [0.2, 0.25) is 5.02 Å². The lowest BCUT2D eigenvalue weighted by Gasteiger charge is -2.32. The third-order valence-corrected chi connectivity index (χ3v) is 6.21. The van der Waals surface area contributed by atoms with Gasteiger partial charge < -0.3 is 14.8 Å². The molecule has 30 heavy (non-hydrogen) atoms. The summed E-state index contributed by atoms with van der Waals surface area (Å²) < 4.78 is 41.5. The number of hydrogen-bond acceptors (Lipinski definition) is 7. The number of ether oxygens (including phenoxy) is 2. The molecule has 0 spiro atoms. The number of fused-ring (bicyclic) bond motifs is 2. The van der Waals surface area contributed by atoms with Gasteiger partial charge in [0.25, 0.3) is 0 Å². The Hall–Kier alpha value is -2.62. The van der Waals surface area contributed by atoms with E-state index in [-0.39, 0.29) is 39.7 Å². The number of rotatable bonds is 5. The molecule has 0 aliphatic carbocycles. The lowest BCUT2D eigenvalue weighted by atomic mass is 10.0. The van der Waals surface area contributed by atoms with Gasteiger partial charge in [-0.15, -0.1) is 11.3 Å². The molecule has 154 valence electrons. The first kappa shape index (κ1) is 19.3. The van der Waals surface area contributed by atoms with E-state index < -0.39 is 11.6 Å². The van der Waals surface area contributed by atoms with Crippen molar-refractivity contribution in [2.45, 2.75) is 13.0 Å². The molecule has 1 unspecified atom stereocenters. The highest BCUT2D eigenvalue weighted by molar-refractivity contribution is 7.16. The van der Waals surface area contributed by atoms with Crippen molar-refractivity contribution in [1.82, 2.24) is 15.0 Å². The van der Waals surface area contributed by atoms with Crippen LogP contribution in [-0.2, 0) is 4.74 Å². The quantitative estimate of drug-likeness (QED) is 0.445. The van der Waals surface area contributed by atoms with Gasteiger partial charge in [0.05, 0.1) is 50.6 Å². The second kappa shape index (κ2) is 7.57. The zero-order valence-corrected chi connectivity index (χ0v) is 17.2. The van der Waals surface area contributed by atoms with E-state index in [0.717, 1.165) is 0 Å².